The summed E-state index contributed by atoms with van der Waals surface area (Å²) in [6.07, 6.45) is 4.27. The minimum Gasteiger partial charge on any atom is -0.369 e. The Kier molecular flexibility index (Phi) is 5.07. The third-order valence-electron chi connectivity index (χ3n) is 4.69. The summed E-state index contributed by atoms with van der Waals surface area (Å²) in [5, 5.41) is 0. The Morgan fingerprint density at radius 2 is 2.04 bits per heavy atom. The highest BCUT2D eigenvalue weighted by Crippen LogP contribution is 2.17. The molecule has 0 bridgehead atoms. The number of hydrogen-bond donors (Lipinski definition) is 1. The fourth-order valence-electron chi connectivity index (χ4n) is 3.34. The van der Waals surface area contributed by atoms with Crippen molar-refractivity contribution in [2.45, 2.75) is 19.4 Å². The predicted molar refractivity (Wildman–Crippen MR) is 88.9 cm³/mol. The largest absolute Gasteiger partial charge is 0.369 e. The molecule has 2 N–H and O–H groups in total. The Morgan fingerprint density at radius 3 is 2.78 bits per heavy atom. The van der Waals surface area contributed by atoms with Crippen LogP contribution in [0.1, 0.15) is 18.5 Å². The number of nitrogens with two attached hydrogens (primary N) is 1. The first-order valence-electron chi connectivity index (χ1n) is 8.39. The van der Waals surface area contributed by atoms with E-state index in [9.17, 15) is 4.79 Å². The predicted octanol–water partition coefficient (Wildman–Crippen LogP) is -0.0743. The molecule has 1 atom stereocenters. The maximum atomic E-state index is 11.6. The number of carbonyl (C=O) groups is 1. The lowest BCUT2D eigenvalue weighted by Gasteiger charge is -2.22. The van der Waals surface area contributed by atoms with Crippen LogP contribution in [0.25, 0.3) is 0 Å². The van der Waals surface area contributed by atoms with Crippen molar-refractivity contribution in [3.05, 3.63) is 18.0 Å². The first-order chi connectivity index (χ1) is 11.1. The van der Waals surface area contributed by atoms with E-state index in [4.69, 9.17) is 10.7 Å². The number of anilines is 1. The van der Waals surface area contributed by atoms with Crippen LogP contribution >= 0.6 is 0 Å². The van der Waals surface area contributed by atoms with E-state index in [0.29, 0.717) is 6.54 Å². The van der Waals surface area contributed by atoms with Crippen molar-refractivity contribution in [2.75, 3.05) is 51.2 Å². The minimum absolute atomic E-state index is 0.123. The maximum absolute atomic E-state index is 11.6. The third-order valence-corrected chi connectivity index (χ3v) is 4.69. The van der Waals surface area contributed by atoms with Crippen LogP contribution in [0.3, 0.4) is 0 Å². The zero-order chi connectivity index (χ0) is 16.2. The van der Waals surface area contributed by atoms with Gasteiger partial charge in [0, 0.05) is 52.0 Å². The van der Waals surface area contributed by atoms with Gasteiger partial charge in [0.25, 0.3) is 0 Å². The van der Waals surface area contributed by atoms with Crippen molar-refractivity contribution < 1.29 is 4.79 Å². The van der Waals surface area contributed by atoms with Gasteiger partial charge < -0.3 is 15.5 Å². The van der Waals surface area contributed by atoms with Gasteiger partial charge in [-0.1, -0.05) is 0 Å². The second-order valence-electron chi connectivity index (χ2n) is 6.64. The van der Waals surface area contributed by atoms with Crippen molar-refractivity contribution in [3.8, 4) is 0 Å². The number of nitrogens with zero attached hydrogens (tertiary/aromatic N) is 5. The summed E-state index contributed by atoms with van der Waals surface area (Å²) in [6, 6.07) is 1.97. The summed E-state index contributed by atoms with van der Waals surface area (Å²) in [7, 11) is 2.04. The van der Waals surface area contributed by atoms with Gasteiger partial charge in [-0.3, -0.25) is 9.69 Å². The molecular weight excluding hydrogens is 292 g/mol. The second kappa shape index (κ2) is 7.23. The molecule has 1 amide bonds. The number of carbonyl (C=O) groups excluding carboxylic acids is 1. The molecular formula is C16H26N6O. The molecule has 0 radical (unpaired) electrons. The van der Waals surface area contributed by atoms with Gasteiger partial charge in [-0.15, -0.1) is 0 Å². The van der Waals surface area contributed by atoms with E-state index in [0.717, 1.165) is 50.9 Å². The Balaban J connectivity index is 1.67. The van der Waals surface area contributed by atoms with Crippen LogP contribution in [0.5, 0.6) is 0 Å². The smallest absolute Gasteiger partial charge is 0.225 e. The molecule has 0 spiro atoms. The third kappa shape index (κ3) is 4.17. The number of rotatable bonds is 4. The molecule has 2 aliphatic rings. The number of amides is 1. The van der Waals surface area contributed by atoms with E-state index < -0.39 is 0 Å². The molecule has 1 aromatic rings. The Morgan fingerprint density at radius 1 is 1.26 bits per heavy atom. The van der Waals surface area contributed by atoms with Crippen LogP contribution in [-0.4, -0.2) is 72.0 Å². The molecule has 0 aromatic carbocycles. The Labute approximate surface area is 137 Å². The normalized spacial score (nSPS) is 23.9. The highest BCUT2D eigenvalue weighted by molar-refractivity contribution is 5.77. The Bertz CT molecular complexity index is 545. The van der Waals surface area contributed by atoms with E-state index in [-0.39, 0.29) is 11.8 Å². The number of aromatic nitrogens is 2. The molecule has 2 fully saturated rings. The SMILES string of the molecule is CN1CCN(Cc2ccnc(N3CCCC3)n2)C[C@H](C(N)=O)C1. The Hall–Kier alpha value is -1.73. The van der Waals surface area contributed by atoms with Gasteiger partial charge >= 0.3 is 0 Å². The van der Waals surface area contributed by atoms with E-state index >= 15 is 0 Å². The first kappa shape index (κ1) is 16.1. The summed E-state index contributed by atoms with van der Waals surface area (Å²) >= 11 is 0. The molecule has 7 heteroatoms. The molecule has 0 unspecified atom stereocenters. The second-order valence-corrected chi connectivity index (χ2v) is 6.64. The van der Waals surface area contributed by atoms with Crippen LogP contribution in [0.2, 0.25) is 0 Å². The number of primary amides is 1. The van der Waals surface area contributed by atoms with Gasteiger partial charge in [0.2, 0.25) is 11.9 Å². The van der Waals surface area contributed by atoms with Gasteiger partial charge in [-0.2, -0.15) is 0 Å². The molecule has 1 aromatic heterocycles. The number of likely N-dealkylation sites (N-methyl/N-ethyl adjacent to an activating group) is 1. The minimum atomic E-state index is -0.218. The summed E-state index contributed by atoms with van der Waals surface area (Å²) in [5.41, 5.74) is 6.55. The lowest BCUT2D eigenvalue weighted by atomic mass is 10.1. The van der Waals surface area contributed by atoms with E-state index in [1.54, 1.807) is 0 Å². The highest BCUT2D eigenvalue weighted by atomic mass is 16.1. The molecule has 0 aliphatic carbocycles. The van der Waals surface area contributed by atoms with Gasteiger partial charge in [-0.25, -0.2) is 9.97 Å². The van der Waals surface area contributed by atoms with Crippen molar-refractivity contribution in [3.63, 3.8) is 0 Å². The zero-order valence-corrected chi connectivity index (χ0v) is 13.8. The molecule has 7 nitrogen and oxygen atoms in total. The lowest BCUT2D eigenvalue weighted by Crippen LogP contribution is -2.37. The molecule has 0 saturated carbocycles. The fraction of sp³-hybridized carbons (Fsp3) is 0.688. The van der Waals surface area contributed by atoms with Crippen molar-refractivity contribution >= 4 is 11.9 Å². The van der Waals surface area contributed by atoms with Gasteiger partial charge in [0.1, 0.15) is 0 Å². The van der Waals surface area contributed by atoms with E-state index in [1.807, 2.05) is 19.3 Å². The van der Waals surface area contributed by atoms with Crippen molar-refractivity contribution in [2.24, 2.45) is 11.7 Å². The first-order valence-corrected chi connectivity index (χ1v) is 8.39. The average molecular weight is 318 g/mol. The highest BCUT2D eigenvalue weighted by Gasteiger charge is 2.25. The molecule has 23 heavy (non-hydrogen) atoms. The van der Waals surface area contributed by atoms with Crippen LogP contribution in [0, 0.1) is 5.92 Å². The van der Waals surface area contributed by atoms with Gasteiger partial charge in [0.15, 0.2) is 0 Å². The molecule has 3 rings (SSSR count). The number of hydrogen-bond acceptors (Lipinski definition) is 6. The average Bonchev–Trinajstić information content (AvgIpc) is 3.00. The maximum Gasteiger partial charge on any atom is 0.225 e. The fourth-order valence-corrected chi connectivity index (χ4v) is 3.34. The van der Waals surface area contributed by atoms with Crippen molar-refractivity contribution in [1.29, 1.82) is 0 Å². The lowest BCUT2D eigenvalue weighted by molar-refractivity contribution is -0.122. The standard InChI is InChI=1S/C16H26N6O/c1-20-8-9-21(11-13(10-20)15(17)23)12-14-4-5-18-16(19-14)22-6-2-3-7-22/h4-5,13H,2-3,6-12H2,1H3,(H2,17,23)/t13-/m1/s1. The van der Waals surface area contributed by atoms with Gasteiger partial charge in [0.05, 0.1) is 11.6 Å². The summed E-state index contributed by atoms with van der Waals surface area (Å²) < 4.78 is 0. The van der Waals surface area contributed by atoms with Gasteiger partial charge in [-0.05, 0) is 26.0 Å². The summed E-state index contributed by atoms with van der Waals surface area (Å²) in [5.74, 6) is 0.491. The van der Waals surface area contributed by atoms with Crippen LogP contribution in [0.15, 0.2) is 12.3 Å². The summed E-state index contributed by atoms with van der Waals surface area (Å²) in [6.45, 7) is 6.11. The molecule has 3 heterocycles. The van der Waals surface area contributed by atoms with Crippen LogP contribution < -0.4 is 10.6 Å². The van der Waals surface area contributed by atoms with Crippen molar-refractivity contribution in [1.82, 2.24) is 19.8 Å². The van der Waals surface area contributed by atoms with Crippen LogP contribution in [0.4, 0.5) is 5.95 Å². The molecule has 126 valence electrons. The van der Waals surface area contributed by atoms with Crippen LogP contribution in [-0.2, 0) is 11.3 Å². The zero-order valence-electron chi connectivity index (χ0n) is 13.8. The van der Waals surface area contributed by atoms with E-state index in [1.165, 1.54) is 12.8 Å². The topological polar surface area (TPSA) is 78.6 Å². The molecule has 2 saturated heterocycles. The quantitative estimate of drug-likeness (QED) is 0.837. The molecule has 2 aliphatic heterocycles. The van der Waals surface area contributed by atoms with E-state index in [2.05, 4.69) is 19.7 Å². The summed E-state index contributed by atoms with van der Waals surface area (Å²) in [4.78, 5) is 27.4. The monoisotopic (exact) mass is 318 g/mol.